The number of likely N-dealkylation sites (N-methyl/N-ethyl adjacent to an activating group) is 1. The number of methoxy groups -OCH3 is 2. The molecule has 35 heavy (non-hydrogen) atoms. The lowest BCUT2D eigenvalue weighted by Gasteiger charge is -2.27. The molecular weight excluding hydrogens is 472 g/mol. The highest BCUT2D eigenvalue weighted by Crippen LogP contribution is 2.43. The Morgan fingerprint density at radius 2 is 1.80 bits per heavy atom. The molecule has 1 saturated heterocycles. The van der Waals surface area contributed by atoms with Crippen LogP contribution in [0.1, 0.15) is 31.0 Å². The number of Topliss-reactive ketones (excluding diaryl/α,β-unsaturated/α-hetero) is 1. The van der Waals surface area contributed by atoms with Gasteiger partial charge in [0.15, 0.2) is 11.5 Å². The topological polar surface area (TPSA) is 88.5 Å². The molecule has 188 valence electrons. The SMILES string of the molecule is COc1ccc(Cl)c(/C(O)=C2\C(=O)C(=O)N(CCN(C)C)C2c2ccc(OC(C)C)c(OC)c2)c1. The largest absolute Gasteiger partial charge is 0.507 e. The Morgan fingerprint density at radius 1 is 1.09 bits per heavy atom. The van der Waals surface area contributed by atoms with Crippen molar-refractivity contribution in [2.45, 2.75) is 26.0 Å². The quantitative estimate of drug-likeness (QED) is 0.313. The Hall–Kier alpha value is -3.23. The Bertz CT molecular complexity index is 1140. The number of amides is 1. The predicted octanol–water partition coefficient (Wildman–Crippen LogP) is 4.13. The predicted molar refractivity (Wildman–Crippen MR) is 134 cm³/mol. The maximum atomic E-state index is 13.2. The van der Waals surface area contributed by atoms with Gasteiger partial charge in [0.1, 0.15) is 11.5 Å². The summed E-state index contributed by atoms with van der Waals surface area (Å²) in [4.78, 5) is 29.7. The monoisotopic (exact) mass is 502 g/mol. The van der Waals surface area contributed by atoms with Crippen molar-refractivity contribution < 1.29 is 28.9 Å². The number of aliphatic hydroxyl groups is 1. The van der Waals surface area contributed by atoms with Crippen LogP contribution < -0.4 is 14.2 Å². The van der Waals surface area contributed by atoms with Crippen LogP contribution in [0.25, 0.3) is 5.76 Å². The smallest absolute Gasteiger partial charge is 0.295 e. The van der Waals surface area contributed by atoms with Crippen LogP contribution in [0.4, 0.5) is 0 Å². The number of ether oxygens (including phenoxy) is 3. The van der Waals surface area contributed by atoms with E-state index in [0.717, 1.165) is 0 Å². The molecule has 0 saturated carbocycles. The van der Waals surface area contributed by atoms with Crippen molar-refractivity contribution in [2.24, 2.45) is 0 Å². The average molecular weight is 503 g/mol. The number of hydrogen-bond donors (Lipinski definition) is 1. The van der Waals surface area contributed by atoms with Crippen molar-refractivity contribution in [3.8, 4) is 17.2 Å². The third-order valence-corrected chi connectivity index (χ3v) is 5.95. The van der Waals surface area contributed by atoms with Crippen LogP contribution in [0.15, 0.2) is 42.0 Å². The van der Waals surface area contributed by atoms with Gasteiger partial charge >= 0.3 is 0 Å². The average Bonchev–Trinajstić information content (AvgIpc) is 3.07. The maximum Gasteiger partial charge on any atom is 0.295 e. The third kappa shape index (κ3) is 5.55. The summed E-state index contributed by atoms with van der Waals surface area (Å²) in [5, 5.41) is 11.5. The molecular formula is C26H31ClN2O6. The van der Waals surface area contributed by atoms with Crippen LogP contribution in [-0.4, -0.2) is 74.1 Å². The molecule has 0 aromatic heterocycles. The van der Waals surface area contributed by atoms with E-state index < -0.39 is 17.7 Å². The Kier molecular flexibility index (Phi) is 8.30. The van der Waals surface area contributed by atoms with Gasteiger partial charge < -0.3 is 29.1 Å². The van der Waals surface area contributed by atoms with E-state index in [2.05, 4.69) is 0 Å². The van der Waals surface area contributed by atoms with Gasteiger partial charge in [0.2, 0.25) is 0 Å². The van der Waals surface area contributed by atoms with Gasteiger partial charge in [-0.3, -0.25) is 9.59 Å². The molecule has 0 radical (unpaired) electrons. The van der Waals surface area contributed by atoms with Crippen molar-refractivity contribution >= 4 is 29.1 Å². The second-order valence-electron chi connectivity index (χ2n) is 8.72. The van der Waals surface area contributed by atoms with E-state index in [9.17, 15) is 14.7 Å². The summed E-state index contributed by atoms with van der Waals surface area (Å²) >= 11 is 6.36. The highest BCUT2D eigenvalue weighted by atomic mass is 35.5. The van der Waals surface area contributed by atoms with Crippen molar-refractivity contribution in [1.82, 2.24) is 9.80 Å². The highest BCUT2D eigenvalue weighted by Gasteiger charge is 2.46. The van der Waals surface area contributed by atoms with Gasteiger partial charge in [-0.1, -0.05) is 17.7 Å². The number of likely N-dealkylation sites (tertiary alicyclic amines) is 1. The van der Waals surface area contributed by atoms with Gasteiger partial charge in [-0.2, -0.15) is 0 Å². The van der Waals surface area contributed by atoms with Crippen LogP contribution in [-0.2, 0) is 9.59 Å². The van der Waals surface area contributed by atoms with E-state index in [1.165, 1.54) is 25.2 Å². The summed E-state index contributed by atoms with van der Waals surface area (Å²) in [5.41, 5.74) is 0.744. The molecule has 0 aliphatic carbocycles. The van der Waals surface area contributed by atoms with E-state index in [1.807, 2.05) is 32.8 Å². The lowest BCUT2D eigenvalue weighted by atomic mass is 9.95. The van der Waals surface area contributed by atoms with Gasteiger partial charge in [0.05, 0.1) is 37.0 Å². The van der Waals surface area contributed by atoms with Crippen LogP contribution in [0.2, 0.25) is 5.02 Å². The van der Waals surface area contributed by atoms with Gasteiger partial charge in [0.25, 0.3) is 11.7 Å². The summed E-state index contributed by atoms with van der Waals surface area (Å²) in [7, 11) is 6.76. The molecule has 2 aromatic rings. The van der Waals surface area contributed by atoms with E-state index in [0.29, 0.717) is 29.4 Å². The fourth-order valence-corrected chi connectivity index (χ4v) is 4.14. The van der Waals surface area contributed by atoms with Crippen molar-refractivity contribution in [3.05, 3.63) is 58.1 Å². The Balaban J connectivity index is 2.21. The van der Waals surface area contributed by atoms with Gasteiger partial charge in [-0.05, 0) is 63.8 Å². The number of halogens is 1. The van der Waals surface area contributed by atoms with Crippen LogP contribution in [0.3, 0.4) is 0 Å². The molecule has 0 spiro atoms. The van der Waals surface area contributed by atoms with E-state index in [-0.39, 0.29) is 34.6 Å². The number of rotatable bonds is 9. The summed E-state index contributed by atoms with van der Waals surface area (Å²) in [6, 6.07) is 9.11. The molecule has 1 heterocycles. The maximum absolute atomic E-state index is 13.2. The van der Waals surface area contributed by atoms with Crippen LogP contribution in [0, 0.1) is 0 Å². The summed E-state index contributed by atoms with van der Waals surface area (Å²) < 4.78 is 16.6. The second kappa shape index (κ2) is 11.0. The van der Waals surface area contributed by atoms with E-state index in [4.69, 9.17) is 25.8 Å². The zero-order valence-corrected chi connectivity index (χ0v) is 21.5. The molecule has 1 unspecified atom stereocenters. The number of benzene rings is 2. The third-order valence-electron chi connectivity index (χ3n) is 5.62. The summed E-state index contributed by atoms with van der Waals surface area (Å²) in [6.07, 6.45) is -0.0734. The van der Waals surface area contributed by atoms with E-state index in [1.54, 1.807) is 30.3 Å². The molecule has 1 aliphatic heterocycles. The molecule has 1 aliphatic rings. The molecule has 0 bridgehead atoms. The number of carbonyl (C=O) groups excluding carboxylic acids is 2. The van der Waals surface area contributed by atoms with Crippen molar-refractivity contribution in [1.29, 1.82) is 0 Å². The second-order valence-corrected chi connectivity index (χ2v) is 9.13. The number of nitrogens with zero attached hydrogens (tertiary/aromatic N) is 2. The molecule has 8 nitrogen and oxygen atoms in total. The first-order valence-electron chi connectivity index (χ1n) is 11.2. The van der Waals surface area contributed by atoms with Crippen molar-refractivity contribution in [3.63, 3.8) is 0 Å². The zero-order chi connectivity index (χ0) is 25.9. The minimum atomic E-state index is -0.848. The Labute approximate surface area is 210 Å². The lowest BCUT2D eigenvalue weighted by Crippen LogP contribution is -2.35. The first-order valence-corrected chi connectivity index (χ1v) is 11.6. The Morgan fingerprint density at radius 3 is 2.40 bits per heavy atom. The van der Waals surface area contributed by atoms with Gasteiger partial charge in [-0.15, -0.1) is 0 Å². The van der Waals surface area contributed by atoms with Gasteiger partial charge in [0, 0.05) is 18.7 Å². The minimum absolute atomic E-state index is 0.0523. The zero-order valence-electron chi connectivity index (χ0n) is 20.8. The van der Waals surface area contributed by atoms with Crippen molar-refractivity contribution in [2.75, 3.05) is 41.4 Å². The molecule has 1 amide bonds. The first kappa shape index (κ1) is 26.4. The molecule has 1 atom stereocenters. The molecule has 9 heteroatoms. The van der Waals surface area contributed by atoms with Crippen LogP contribution in [0.5, 0.6) is 17.2 Å². The number of hydrogen-bond acceptors (Lipinski definition) is 7. The first-order chi connectivity index (χ1) is 16.6. The van der Waals surface area contributed by atoms with E-state index >= 15 is 0 Å². The molecule has 2 aromatic carbocycles. The molecule has 1 fully saturated rings. The minimum Gasteiger partial charge on any atom is -0.507 e. The van der Waals surface area contributed by atoms with Gasteiger partial charge in [-0.25, -0.2) is 0 Å². The molecule has 1 N–H and O–H groups in total. The number of aliphatic hydroxyl groups excluding tert-OH is 1. The van der Waals surface area contributed by atoms with Crippen LogP contribution >= 0.6 is 11.6 Å². The fourth-order valence-electron chi connectivity index (χ4n) is 3.93. The summed E-state index contributed by atoms with van der Waals surface area (Å²) in [5.74, 6) is -0.413. The number of ketones is 1. The summed E-state index contributed by atoms with van der Waals surface area (Å²) in [6.45, 7) is 4.61. The lowest BCUT2D eigenvalue weighted by molar-refractivity contribution is -0.140. The molecule has 3 rings (SSSR count). The normalized spacial score (nSPS) is 17.4. The highest BCUT2D eigenvalue weighted by molar-refractivity contribution is 6.47. The number of carbonyl (C=O) groups is 2. The fraction of sp³-hybridized carbons (Fsp3) is 0.385. The standard InChI is InChI=1S/C26H31ClN2O6/c1-15(2)35-20-10-7-16(13-21(20)34-6)23-22(25(31)26(32)29(23)12-11-28(3)4)24(30)18-14-17(33-5)8-9-19(18)27/h7-10,13-15,23,30H,11-12H2,1-6H3/b24-22+.